The van der Waals surface area contributed by atoms with Gasteiger partial charge in [0, 0.05) is 0 Å². The average molecular weight is 416 g/mol. The van der Waals surface area contributed by atoms with Crippen molar-refractivity contribution in [1.82, 2.24) is 0 Å². The Morgan fingerprint density at radius 1 is 1.10 bits per heavy atom. The molecule has 1 aliphatic rings. The summed E-state index contributed by atoms with van der Waals surface area (Å²) in [5.74, 6) is 0.781. The molecule has 1 amide bonds. The van der Waals surface area contributed by atoms with E-state index < -0.39 is 11.7 Å². The lowest BCUT2D eigenvalue weighted by Gasteiger charge is -2.08. The molecule has 1 N–H and O–H groups in total. The van der Waals surface area contributed by atoms with Crippen molar-refractivity contribution in [3.63, 3.8) is 0 Å². The summed E-state index contributed by atoms with van der Waals surface area (Å²) in [4.78, 5) is 12.3. The number of para-hydroxylation sites is 1. The van der Waals surface area contributed by atoms with E-state index in [0.717, 1.165) is 5.56 Å². The number of fused-ring (bicyclic) bond motifs is 1. The minimum atomic E-state index is -0.685. The Kier molecular flexibility index (Phi) is 5.81. The Hall–Kier alpha value is -4.31. The lowest BCUT2D eigenvalue weighted by atomic mass is 10.1. The molecule has 7 heteroatoms. The van der Waals surface area contributed by atoms with Crippen molar-refractivity contribution in [2.75, 3.05) is 12.1 Å². The summed E-state index contributed by atoms with van der Waals surface area (Å²) in [6, 6.07) is 20.1. The number of nitrogens with one attached hydrogen (secondary N) is 1. The number of rotatable bonds is 6. The van der Waals surface area contributed by atoms with E-state index in [1.54, 1.807) is 30.3 Å². The van der Waals surface area contributed by atoms with E-state index in [2.05, 4.69) is 5.32 Å². The van der Waals surface area contributed by atoms with Gasteiger partial charge in [-0.2, -0.15) is 5.26 Å². The van der Waals surface area contributed by atoms with Crippen LogP contribution in [0.2, 0.25) is 0 Å². The molecule has 0 aromatic heterocycles. The molecule has 0 spiro atoms. The Balaban J connectivity index is 1.39. The zero-order valence-corrected chi connectivity index (χ0v) is 16.3. The summed E-state index contributed by atoms with van der Waals surface area (Å²) >= 11 is 0. The minimum Gasteiger partial charge on any atom is -0.489 e. The minimum absolute atomic E-state index is 0.0147. The predicted octanol–water partition coefficient (Wildman–Crippen LogP) is 4.68. The fraction of sp³-hybridized carbons (Fsp3) is 0.0833. The number of nitrogens with zero attached hydrogens (tertiary/aromatic N) is 1. The first-order chi connectivity index (χ1) is 15.1. The molecule has 31 heavy (non-hydrogen) atoms. The topological polar surface area (TPSA) is 80.6 Å². The van der Waals surface area contributed by atoms with Gasteiger partial charge in [0.2, 0.25) is 6.79 Å². The second-order valence-corrected chi connectivity index (χ2v) is 6.65. The molecular formula is C24H17FN2O4. The zero-order chi connectivity index (χ0) is 21.6. The summed E-state index contributed by atoms with van der Waals surface area (Å²) < 4.78 is 30.1. The lowest BCUT2D eigenvalue weighted by molar-refractivity contribution is -0.112. The van der Waals surface area contributed by atoms with Crippen LogP contribution in [0.15, 0.2) is 72.3 Å². The number of halogens is 1. The molecule has 1 aliphatic heterocycles. The van der Waals surface area contributed by atoms with Gasteiger partial charge in [-0.15, -0.1) is 0 Å². The Bertz CT molecular complexity index is 1180. The molecule has 4 rings (SSSR count). The third-order valence-electron chi connectivity index (χ3n) is 4.52. The number of ether oxygens (including phenoxy) is 3. The first-order valence-electron chi connectivity index (χ1n) is 9.41. The number of hydrogen-bond acceptors (Lipinski definition) is 5. The van der Waals surface area contributed by atoms with Gasteiger partial charge in [0.05, 0.1) is 5.69 Å². The highest BCUT2D eigenvalue weighted by atomic mass is 19.1. The van der Waals surface area contributed by atoms with Gasteiger partial charge in [0.1, 0.15) is 29.8 Å². The molecule has 3 aromatic rings. The quantitative estimate of drug-likeness (QED) is 0.466. The van der Waals surface area contributed by atoms with Gasteiger partial charge in [0.15, 0.2) is 11.5 Å². The van der Waals surface area contributed by atoms with Gasteiger partial charge in [-0.3, -0.25) is 4.79 Å². The van der Waals surface area contributed by atoms with E-state index >= 15 is 0 Å². The van der Waals surface area contributed by atoms with Crippen LogP contribution in [0, 0.1) is 17.1 Å². The summed E-state index contributed by atoms with van der Waals surface area (Å²) in [5, 5.41) is 11.7. The van der Waals surface area contributed by atoms with Crippen LogP contribution < -0.4 is 19.5 Å². The van der Waals surface area contributed by atoms with Gasteiger partial charge in [-0.1, -0.05) is 30.3 Å². The van der Waals surface area contributed by atoms with Crippen molar-refractivity contribution in [2.45, 2.75) is 6.61 Å². The number of hydrogen-bond donors (Lipinski definition) is 1. The monoisotopic (exact) mass is 416 g/mol. The second kappa shape index (κ2) is 9.01. The maximum absolute atomic E-state index is 13.7. The number of carbonyl (C=O) groups is 1. The standard InChI is InChI=1S/C24H17FN2O4/c25-20-3-1-2-4-21(20)27-24(28)18(13-26)11-16-5-8-19(9-6-16)29-14-17-7-10-22-23(12-17)31-15-30-22/h1-12H,14-15H2,(H,27,28)/b18-11-. The molecule has 0 unspecified atom stereocenters. The maximum atomic E-state index is 13.7. The van der Waals surface area contributed by atoms with Crippen LogP contribution in [-0.4, -0.2) is 12.7 Å². The smallest absolute Gasteiger partial charge is 0.266 e. The maximum Gasteiger partial charge on any atom is 0.266 e. The molecule has 3 aromatic carbocycles. The van der Waals surface area contributed by atoms with E-state index in [0.29, 0.717) is 29.4 Å². The van der Waals surface area contributed by atoms with Crippen LogP contribution in [0.5, 0.6) is 17.2 Å². The third kappa shape index (κ3) is 4.82. The number of anilines is 1. The summed E-state index contributed by atoms with van der Waals surface area (Å²) in [7, 11) is 0. The normalized spacial score (nSPS) is 12.2. The molecule has 0 atom stereocenters. The van der Waals surface area contributed by atoms with Gasteiger partial charge in [-0.25, -0.2) is 4.39 Å². The first kappa shape index (κ1) is 20.0. The van der Waals surface area contributed by atoms with E-state index in [1.165, 1.54) is 24.3 Å². The molecule has 0 fully saturated rings. The van der Waals surface area contributed by atoms with Crippen LogP contribution >= 0.6 is 0 Å². The van der Waals surface area contributed by atoms with Crippen molar-refractivity contribution >= 4 is 17.7 Å². The molecule has 0 saturated carbocycles. The van der Waals surface area contributed by atoms with Crippen LogP contribution in [0.3, 0.4) is 0 Å². The van der Waals surface area contributed by atoms with E-state index in [-0.39, 0.29) is 18.1 Å². The molecule has 154 valence electrons. The van der Waals surface area contributed by atoms with Crippen LogP contribution in [0.1, 0.15) is 11.1 Å². The van der Waals surface area contributed by atoms with Crippen LogP contribution in [0.25, 0.3) is 6.08 Å². The molecule has 0 saturated heterocycles. The van der Waals surface area contributed by atoms with Gasteiger partial charge >= 0.3 is 0 Å². The second-order valence-electron chi connectivity index (χ2n) is 6.65. The molecule has 0 radical (unpaired) electrons. The summed E-state index contributed by atoms with van der Waals surface area (Å²) in [6.45, 7) is 0.567. The highest BCUT2D eigenvalue weighted by Crippen LogP contribution is 2.32. The van der Waals surface area contributed by atoms with Gasteiger partial charge < -0.3 is 19.5 Å². The summed E-state index contributed by atoms with van der Waals surface area (Å²) in [6.07, 6.45) is 1.43. The number of amides is 1. The lowest BCUT2D eigenvalue weighted by Crippen LogP contribution is -2.14. The number of nitriles is 1. The zero-order valence-electron chi connectivity index (χ0n) is 16.3. The van der Waals surface area contributed by atoms with Crippen molar-refractivity contribution < 1.29 is 23.4 Å². The van der Waals surface area contributed by atoms with E-state index in [9.17, 15) is 14.4 Å². The van der Waals surface area contributed by atoms with Crippen molar-refractivity contribution in [1.29, 1.82) is 5.26 Å². The first-order valence-corrected chi connectivity index (χ1v) is 9.41. The Morgan fingerprint density at radius 3 is 2.65 bits per heavy atom. The highest BCUT2D eigenvalue weighted by Gasteiger charge is 2.14. The number of benzene rings is 3. The largest absolute Gasteiger partial charge is 0.489 e. The van der Waals surface area contributed by atoms with E-state index in [4.69, 9.17) is 14.2 Å². The van der Waals surface area contributed by atoms with Gasteiger partial charge in [0.25, 0.3) is 5.91 Å². The van der Waals surface area contributed by atoms with Crippen molar-refractivity contribution in [3.05, 3.63) is 89.2 Å². The fourth-order valence-corrected chi connectivity index (χ4v) is 2.93. The van der Waals surface area contributed by atoms with E-state index in [1.807, 2.05) is 24.3 Å². The molecule has 0 aliphatic carbocycles. The molecule has 6 nitrogen and oxygen atoms in total. The van der Waals surface area contributed by atoms with Gasteiger partial charge in [-0.05, 0) is 53.6 Å². The third-order valence-corrected chi connectivity index (χ3v) is 4.52. The summed E-state index contributed by atoms with van der Waals surface area (Å²) in [5.41, 5.74) is 1.44. The van der Waals surface area contributed by atoms with Crippen molar-refractivity contribution in [3.8, 4) is 23.3 Å². The Morgan fingerprint density at radius 2 is 1.87 bits per heavy atom. The van der Waals surface area contributed by atoms with Crippen molar-refractivity contribution in [2.24, 2.45) is 0 Å². The average Bonchev–Trinajstić information content (AvgIpc) is 3.26. The molecular weight excluding hydrogens is 399 g/mol. The molecule has 1 heterocycles. The predicted molar refractivity (Wildman–Crippen MR) is 112 cm³/mol. The van der Waals surface area contributed by atoms with Crippen LogP contribution in [0.4, 0.5) is 10.1 Å². The fourth-order valence-electron chi connectivity index (χ4n) is 2.93. The highest BCUT2D eigenvalue weighted by molar-refractivity contribution is 6.09. The molecule has 0 bridgehead atoms. The van der Waals surface area contributed by atoms with Crippen LogP contribution in [-0.2, 0) is 11.4 Å². The Labute approximate surface area is 178 Å². The SMILES string of the molecule is N#C/C(=C/c1ccc(OCc2ccc3c(c2)OCO3)cc1)C(=O)Nc1ccccc1F. The number of carbonyl (C=O) groups excluding carboxylic acids is 1.